The summed E-state index contributed by atoms with van der Waals surface area (Å²) in [6, 6.07) is 26.6. The van der Waals surface area contributed by atoms with Crippen LogP contribution in [0.25, 0.3) is 21.7 Å². The number of nitrogens with zero attached hydrogens (tertiary/aromatic N) is 1. The summed E-state index contributed by atoms with van der Waals surface area (Å²) in [6.07, 6.45) is 1.77. The van der Waals surface area contributed by atoms with Crippen LogP contribution in [0.15, 0.2) is 95.5 Å². The zero-order valence-electron chi connectivity index (χ0n) is 18.7. The molecule has 0 fully saturated rings. The molecule has 0 aliphatic carbocycles. The van der Waals surface area contributed by atoms with Crippen molar-refractivity contribution < 1.29 is 13.9 Å². The zero-order chi connectivity index (χ0) is 24.0. The molecular formula is C27H22N4O3S. The number of pyridine rings is 1. The van der Waals surface area contributed by atoms with Crippen LogP contribution in [0.2, 0.25) is 0 Å². The molecule has 0 saturated carbocycles. The molecule has 5 aromatic rings. The minimum atomic E-state index is -0.615. The lowest BCUT2D eigenvalue weighted by atomic mass is 10.2. The van der Waals surface area contributed by atoms with Gasteiger partial charge in [0, 0.05) is 47.4 Å². The molecule has 0 unspecified atom stereocenters. The number of para-hydroxylation sites is 1. The van der Waals surface area contributed by atoms with E-state index in [0.717, 1.165) is 33.2 Å². The van der Waals surface area contributed by atoms with Crippen LogP contribution in [0, 0.1) is 0 Å². The molecule has 2 aromatic heterocycles. The van der Waals surface area contributed by atoms with Crippen molar-refractivity contribution in [3.8, 4) is 5.88 Å². The SMILES string of the molecule is O=C(Nc1ccc(NC(=S)NCCc2cc3ccccc3o2)cc1)Oc1cc2ccccc2cn1. The van der Waals surface area contributed by atoms with Crippen molar-refractivity contribution in [1.29, 1.82) is 0 Å². The van der Waals surface area contributed by atoms with Gasteiger partial charge < -0.3 is 19.8 Å². The lowest BCUT2D eigenvalue weighted by molar-refractivity contribution is 0.213. The molecular weight excluding hydrogens is 460 g/mol. The van der Waals surface area contributed by atoms with Crippen molar-refractivity contribution in [3.63, 3.8) is 0 Å². The Hall–Kier alpha value is -4.43. The number of aromatic nitrogens is 1. The second kappa shape index (κ2) is 10.2. The Labute approximate surface area is 207 Å². The number of thiocarbonyl (C=S) groups is 1. The average Bonchev–Trinajstić information content (AvgIpc) is 3.28. The first-order chi connectivity index (χ1) is 17.1. The first kappa shape index (κ1) is 22.4. The number of benzene rings is 3. The van der Waals surface area contributed by atoms with Gasteiger partial charge in [0.2, 0.25) is 5.88 Å². The molecule has 0 radical (unpaired) electrons. The topological polar surface area (TPSA) is 88.4 Å². The van der Waals surface area contributed by atoms with E-state index in [1.54, 1.807) is 24.4 Å². The van der Waals surface area contributed by atoms with Crippen LogP contribution in [-0.4, -0.2) is 22.7 Å². The van der Waals surface area contributed by atoms with Gasteiger partial charge in [0.25, 0.3) is 0 Å². The molecule has 5 rings (SSSR count). The van der Waals surface area contributed by atoms with E-state index in [0.29, 0.717) is 23.8 Å². The van der Waals surface area contributed by atoms with Crippen molar-refractivity contribution in [2.45, 2.75) is 6.42 Å². The van der Waals surface area contributed by atoms with Gasteiger partial charge in [-0.15, -0.1) is 0 Å². The smallest absolute Gasteiger partial charge is 0.418 e. The van der Waals surface area contributed by atoms with E-state index in [1.807, 2.05) is 66.7 Å². The van der Waals surface area contributed by atoms with Gasteiger partial charge in [-0.25, -0.2) is 9.78 Å². The number of carbonyl (C=O) groups excluding carboxylic acids is 1. The molecule has 7 nitrogen and oxygen atoms in total. The lowest BCUT2D eigenvalue weighted by Crippen LogP contribution is -2.30. The van der Waals surface area contributed by atoms with Gasteiger partial charge in [-0.3, -0.25) is 5.32 Å². The summed E-state index contributed by atoms with van der Waals surface area (Å²) in [7, 11) is 0. The van der Waals surface area contributed by atoms with Crippen molar-refractivity contribution in [1.82, 2.24) is 10.3 Å². The van der Waals surface area contributed by atoms with E-state index in [-0.39, 0.29) is 5.88 Å². The van der Waals surface area contributed by atoms with Crippen molar-refractivity contribution in [2.75, 3.05) is 17.2 Å². The summed E-state index contributed by atoms with van der Waals surface area (Å²) in [5.74, 6) is 1.14. The minimum absolute atomic E-state index is 0.235. The number of rotatable bonds is 6. The highest BCUT2D eigenvalue weighted by atomic mass is 32.1. The maximum Gasteiger partial charge on any atom is 0.418 e. The predicted molar refractivity (Wildman–Crippen MR) is 142 cm³/mol. The highest BCUT2D eigenvalue weighted by molar-refractivity contribution is 7.80. The summed E-state index contributed by atoms with van der Waals surface area (Å²) >= 11 is 5.38. The highest BCUT2D eigenvalue weighted by Crippen LogP contribution is 2.20. The third kappa shape index (κ3) is 5.74. The van der Waals surface area contributed by atoms with Crippen LogP contribution in [0.5, 0.6) is 5.88 Å². The number of amides is 1. The molecule has 1 amide bonds. The third-order valence-corrected chi connectivity index (χ3v) is 5.57. The van der Waals surface area contributed by atoms with Crippen molar-refractivity contribution in [2.24, 2.45) is 0 Å². The van der Waals surface area contributed by atoms with E-state index >= 15 is 0 Å². The summed E-state index contributed by atoms with van der Waals surface area (Å²) in [4.78, 5) is 16.4. The molecule has 0 aliphatic heterocycles. The Morgan fingerprint density at radius 2 is 1.54 bits per heavy atom. The number of anilines is 2. The van der Waals surface area contributed by atoms with E-state index < -0.39 is 6.09 Å². The summed E-state index contributed by atoms with van der Waals surface area (Å²) in [5, 5.41) is 12.5. The molecule has 8 heteroatoms. The molecule has 2 heterocycles. The first-order valence-electron chi connectivity index (χ1n) is 11.1. The predicted octanol–water partition coefficient (Wildman–Crippen LogP) is 6.12. The van der Waals surface area contributed by atoms with E-state index in [4.69, 9.17) is 21.4 Å². The lowest BCUT2D eigenvalue weighted by Gasteiger charge is -2.11. The molecule has 0 aliphatic rings. The monoisotopic (exact) mass is 482 g/mol. The Bertz CT molecular complexity index is 1460. The molecule has 0 atom stereocenters. The van der Waals surface area contributed by atoms with Gasteiger partial charge in [-0.2, -0.15) is 0 Å². The maximum atomic E-state index is 12.2. The van der Waals surface area contributed by atoms with Crippen LogP contribution in [0.1, 0.15) is 5.76 Å². The second-order valence-corrected chi connectivity index (χ2v) is 8.25. The van der Waals surface area contributed by atoms with Crippen LogP contribution >= 0.6 is 12.2 Å². The minimum Gasteiger partial charge on any atom is -0.461 e. The largest absolute Gasteiger partial charge is 0.461 e. The Morgan fingerprint density at radius 3 is 2.31 bits per heavy atom. The van der Waals surface area contributed by atoms with E-state index in [2.05, 4.69) is 20.9 Å². The molecule has 0 spiro atoms. The maximum absolute atomic E-state index is 12.2. The van der Waals surface area contributed by atoms with Gasteiger partial charge in [0.15, 0.2) is 5.11 Å². The van der Waals surface area contributed by atoms with Crippen LogP contribution in [0.4, 0.5) is 16.2 Å². The molecule has 0 bridgehead atoms. The Balaban J connectivity index is 1.08. The number of furan rings is 1. The summed E-state index contributed by atoms with van der Waals surface area (Å²) in [5.41, 5.74) is 2.26. The number of fused-ring (bicyclic) bond motifs is 2. The van der Waals surface area contributed by atoms with E-state index in [9.17, 15) is 4.79 Å². The van der Waals surface area contributed by atoms with Gasteiger partial charge in [0.05, 0.1) is 0 Å². The number of hydrogen-bond donors (Lipinski definition) is 3. The molecule has 3 N–H and O–H groups in total. The Morgan fingerprint density at radius 1 is 0.857 bits per heavy atom. The molecule has 35 heavy (non-hydrogen) atoms. The fraction of sp³-hybridized carbons (Fsp3) is 0.0741. The third-order valence-electron chi connectivity index (χ3n) is 5.33. The summed E-state index contributed by atoms with van der Waals surface area (Å²) in [6.45, 7) is 0.639. The molecule has 174 valence electrons. The van der Waals surface area contributed by atoms with Crippen LogP contribution in [-0.2, 0) is 6.42 Å². The Kier molecular flexibility index (Phi) is 6.54. The number of nitrogens with one attached hydrogen (secondary N) is 3. The van der Waals surface area contributed by atoms with Gasteiger partial charge >= 0.3 is 6.09 Å². The van der Waals surface area contributed by atoms with Gasteiger partial charge in [-0.1, -0.05) is 42.5 Å². The molecule has 3 aromatic carbocycles. The quantitative estimate of drug-likeness (QED) is 0.251. The number of hydrogen-bond acceptors (Lipinski definition) is 5. The van der Waals surface area contributed by atoms with Crippen LogP contribution in [0.3, 0.4) is 0 Å². The van der Waals surface area contributed by atoms with E-state index in [1.165, 1.54) is 0 Å². The van der Waals surface area contributed by atoms with Gasteiger partial charge in [-0.05, 0) is 54.0 Å². The second-order valence-electron chi connectivity index (χ2n) is 7.84. The van der Waals surface area contributed by atoms with Gasteiger partial charge in [0.1, 0.15) is 11.3 Å². The van der Waals surface area contributed by atoms with Crippen LogP contribution < -0.4 is 20.7 Å². The molecule has 0 saturated heterocycles. The van der Waals surface area contributed by atoms with Crippen molar-refractivity contribution in [3.05, 3.63) is 96.9 Å². The fourth-order valence-corrected chi connectivity index (χ4v) is 3.85. The summed E-state index contributed by atoms with van der Waals surface area (Å²) < 4.78 is 11.1. The number of ether oxygens (including phenoxy) is 1. The normalized spacial score (nSPS) is 10.7. The first-order valence-corrected chi connectivity index (χ1v) is 11.5. The number of carbonyl (C=O) groups is 1. The van der Waals surface area contributed by atoms with Crippen molar-refractivity contribution >= 4 is 56.5 Å². The zero-order valence-corrected chi connectivity index (χ0v) is 19.5. The fourth-order valence-electron chi connectivity index (χ4n) is 3.63. The standard InChI is InChI=1S/C27H22N4O3S/c32-27(34-25-16-18-5-1-2-7-20(18)17-29-25)31-22-11-9-21(10-12-22)30-26(35)28-14-13-23-15-19-6-3-4-8-24(19)33-23/h1-12,15-17H,13-14H2,(H,31,32)(H2,28,30,35). The highest BCUT2D eigenvalue weighted by Gasteiger charge is 2.08. The average molecular weight is 483 g/mol.